The Hall–Kier alpha value is -0.960. The molecular weight excluding hydrogens is 186 g/mol. The summed E-state index contributed by atoms with van der Waals surface area (Å²) in [5.74, 6) is 0.493. The molecule has 0 saturated heterocycles. The zero-order chi connectivity index (χ0) is 11.3. The quantitative estimate of drug-likeness (QED) is 0.741. The van der Waals surface area contributed by atoms with E-state index in [1.807, 2.05) is 19.3 Å². The van der Waals surface area contributed by atoms with Gasteiger partial charge in [-0.2, -0.15) is 0 Å². The van der Waals surface area contributed by atoms with Gasteiger partial charge in [0, 0.05) is 18.3 Å². The van der Waals surface area contributed by atoms with Gasteiger partial charge in [0.05, 0.1) is 11.4 Å². The van der Waals surface area contributed by atoms with E-state index in [1.165, 1.54) is 0 Å². The van der Waals surface area contributed by atoms with Gasteiger partial charge in [-0.25, -0.2) is 0 Å². The maximum absolute atomic E-state index is 4.40. The fraction of sp³-hybridized carbons (Fsp3) is 0.667. The average molecular weight is 207 g/mol. The van der Waals surface area contributed by atoms with Crippen LogP contribution < -0.4 is 0 Å². The Labute approximate surface area is 92.6 Å². The van der Waals surface area contributed by atoms with Gasteiger partial charge in [-0.3, -0.25) is 9.97 Å². The lowest BCUT2D eigenvalue weighted by molar-refractivity contribution is 0.336. The van der Waals surface area contributed by atoms with Crippen LogP contribution in [0, 0.1) is 6.92 Å². The van der Waals surface area contributed by atoms with Crippen LogP contribution in [0.15, 0.2) is 12.4 Å². The summed E-state index contributed by atoms with van der Waals surface area (Å²) >= 11 is 0. The number of aryl methyl sites for hydroxylation is 1. The standard InChI is InChI=1S/C12H21N3/c1-5-15(4)7-6-10(2)12-9-13-11(3)8-14-12/h8-10H,5-7H2,1-4H3. The zero-order valence-corrected chi connectivity index (χ0v) is 10.2. The fourth-order valence-electron chi connectivity index (χ4n) is 1.38. The van der Waals surface area contributed by atoms with E-state index in [1.54, 1.807) is 0 Å². The van der Waals surface area contributed by atoms with Crippen LogP contribution in [0.25, 0.3) is 0 Å². The molecule has 0 aliphatic rings. The van der Waals surface area contributed by atoms with Crippen molar-refractivity contribution in [2.75, 3.05) is 20.1 Å². The van der Waals surface area contributed by atoms with E-state index in [4.69, 9.17) is 0 Å². The molecule has 0 amide bonds. The highest BCUT2D eigenvalue weighted by Crippen LogP contribution is 2.15. The molecule has 1 aromatic rings. The summed E-state index contributed by atoms with van der Waals surface area (Å²) in [5.41, 5.74) is 2.08. The zero-order valence-electron chi connectivity index (χ0n) is 10.2. The third-order valence-corrected chi connectivity index (χ3v) is 2.79. The molecule has 0 aliphatic carbocycles. The van der Waals surface area contributed by atoms with Gasteiger partial charge < -0.3 is 4.90 Å². The molecule has 0 bridgehead atoms. The van der Waals surface area contributed by atoms with E-state index in [9.17, 15) is 0 Å². The number of aromatic nitrogens is 2. The molecule has 84 valence electrons. The maximum atomic E-state index is 4.40. The highest BCUT2D eigenvalue weighted by atomic mass is 15.1. The van der Waals surface area contributed by atoms with Crippen LogP contribution in [0.4, 0.5) is 0 Å². The van der Waals surface area contributed by atoms with Gasteiger partial charge in [-0.05, 0) is 33.5 Å². The highest BCUT2D eigenvalue weighted by Gasteiger charge is 2.08. The van der Waals surface area contributed by atoms with Crippen molar-refractivity contribution in [3.8, 4) is 0 Å². The summed E-state index contributed by atoms with van der Waals surface area (Å²) in [7, 11) is 2.15. The molecule has 3 nitrogen and oxygen atoms in total. The van der Waals surface area contributed by atoms with Gasteiger partial charge in [0.25, 0.3) is 0 Å². The van der Waals surface area contributed by atoms with Crippen molar-refractivity contribution in [1.29, 1.82) is 0 Å². The van der Waals surface area contributed by atoms with Crippen molar-refractivity contribution >= 4 is 0 Å². The van der Waals surface area contributed by atoms with Crippen LogP contribution in [-0.2, 0) is 0 Å². The van der Waals surface area contributed by atoms with Crippen LogP contribution in [-0.4, -0.2) is 35.0 Å². The predicted molar refractivity (Wildman–Crippen MR) is 63.0 cm³/mol. The minimum absolute atomic E-state index is 0.493. The van der Waals surface area contributed by atoms with Crippen molar-refractivity contribution in [1.82, 2.24) is 14.9 Å². The lowest BCUT2D eigenvalue weighted by Gasteiger charge is -2.16. The molecule has 0 radical (unpaired) electrons. The summed E-state index contributed by atoms with van der Waals surface area (Å²) in [6, 6.07) is 0. The van der Waals surface area contributed by atoms with Gasteiger partial charge in [0.1, 0.15) is 0 Å². The molecule has 1 aromatic heterocycles. The topological polar surface area (TPSA) is 29.0 Å². The van der Waals surface area contributed by atoms with Gasteiger partial charge in [-0.15, -0.1) is 0 Å². The second-order valence-corrected chi connectivity index (χ2v) is 4.17. The first-order chi connectivity index (χ1) is 7.13. The van der Waals surface area contributed by atoms with Gasteiger partial charge in [0.15, 0.2) is 0 Å². The Bertz CT molecular complexity index is 281. The van der Waals surface area contributed by atoms with Crippen molar-refractivity contribution in [3.05, 3.63) is 23.8 Å². The number of hydrogen-bond acceptors (Lipinski definition) is 3. The molecule has 0 aliphatic heterocycles. The Morgan fingerprint density at radius 1 is 1.33 bits per heavy atom. The molecule has 0 N–H and O–H groups in total. The third-order valence-electron chi connectivity index (χ3n) is 2.79. The van der Waals surface area contributed by atoms with E-state index < -0.39 is 0 Å². The van der Waals surface area contributed by atoms with Crippen molar-refractivity contribution < 1.29 is 0 Å². The van der Waals surface area contributed by atoms with E-state index >= 15 is 0 Å². The van der Waals surface area contributed by atoms with E-state index in [-0.39, 0.29) is 0 Å². The molecule has 1 unspecified atom stereocenters. The van der Waals surface area contributed by atoms with Gasteiger partial charge >= 0.3 is 0 Å². The molecular formula is C12H21N3. The lowest BCUT2D eigenvalue weighted by Crippen LogP contribution is -2.20. The Morgan fingerprint density at radius 2 is 2.07 bits per heavy atom. The fourth-order valence-corrected chi connectivity index (χ4v) is 1.38. The van der Waals surface area contributed by atoms with Crippen molar-refractivity contribution in [3.63, 3.8) is 0 Å². The lowest BCUT2D eigenvalue weighted by atomic mass is 10.0. The molecule has 1 atom stereocenters. The summed E-state index contributed by atoms with van der Waals surface area (Å²) in [6.07, 6.45) is 4.88. The molecule has 0 spiro atoms. The monoisotopic (exact) mass is 207 g/mol. The first-order valence-electron chi connectivity index (χ1n) is 5.60. The molecule has 15 heavy (non-hydrogen) atoms. The Balaban J connectivity index is 2.46. The van der Waals surface area contributed by atoms with E-state index in [0.29, 0.717) is 5.92 Å². The minimum atomic E-state index is 0.493. The summed E-state index contributed by atoms with van der Waals surface area (Å²) in [6.45, 7) is 8.57. The smallest absolute Gasteiger partial charge is 0.0615 e. The van der Waals surface area contributed by atoms with Gasteiger partial charge in [-0.1, -0.05) is 13.8 Å². The number of hydrogen-bond donors (Lipinski definition) is 0. The Morgan fingerprint density at radius 3 is 2.60 bits per heavy atom. The van der Waals surface area contributed by atoms with Crippen molar-refractivity contribution in [2.45, 2.75) is 33.1 Å². The van der Waals surface area contributed by atoms with Gasteiger partial charge in [0.2, 0.25) is 0 Å². The minimum Gasteiger partial charge on any atom is -0.307 e. The molecule has 0 fully saturated rings. The largest absolute Gasteiger partial charge is 0.307 e. The third kappa shape index (κ3) is 3.96. The first-order valence-corrected chi connectivity index (χ1v) is 5.60. The van der Waals surface area contributed by atoms with Crippen LogP contribution in [0.2, 0.25) is 0 Å². The summed E-state index contributed by atoms with van der Waals surface area (Å²) in [4.78, 5) is 11.0. The molecule has 1 heterocycles. The number of nitrogens with zero attached hydrogens (tertiary/aromatic N) is 3. The van der Waals surface area contributed by atoms with Crippen LogP contribution >= 0.6 is 0 Å². The Kier molecular flexibility index (Phi) is 4.69. The van der Waals surface area contributed by atoms with Crippen LogP contribution in [0.5, 0.6) is 0 Å². The first kappa shape index (κ1) is 12.1. The second-order valence-electron chi connectivity index (χ2n) is 4.17. The van der Waals surface area contributed by atoms with Crippen molar-refractivity contribution in [2.24, 2.45) is 0 Å². The SMILES string of the molecule is CCN(C)CCC(C)c1cnc(C)cn1. The molecule has 1 rings (SSSR count). The number of rotatable bonds is 5. The average Bonchev–Trinajstić information content (AvgIpc) is 2.26. The molecule has 0 aromatic carbocycles. The molecule has 3 heteroatoms. The summed E-state index contributed by atoms with van der Waals surface area (Å²) in [5, 5.41) is 0. The predicted octanol–water partition coefficient (Wildman–Crippen LogP) is 2.23. The maximum Gasteiger partial charge on any atom is 0.0615 e. The van der Waals surface area contributed by atoms with E-state index in [0.717, 1.165) is 30.9 Å². The molecule has 0 saturated carbocycles. The highest BCUT2D eigenvalue weighted by molar-refractivity contribution is 5.05. The second kappa shape index (κ2) is 5.81. The normalized spacial score (nSPS) is 13.1. The van der Waals surface area contributed by atoms with Crippen LogP contribution in [0.3, 0.4) is 0 Å². The van der Waals surface area contributed by atoms with E-state index in [2.05, 4.69) is 35.8 Å². The summed E-state index contributed by atoms with van der Waals surface area (Å²) < 4.78 is 0. The van der Waals surface area contributed by atoms with Crippen LogP contribution in [0.1, 0.15) is 37.6 Å².